The van der Waals surface area contributed by atoms with Gasteiger partial charge in [0.15, 0.2) is 0 Å². The molecule has 88 valence electrons. The van der Waals surface area contributed by atoms with E-state index in [1.165, 1.54) is 11.1 Å². The summed E-state index contributed by atoms with van der Waals surface area (Å²) in [5, 5.41) is 10.7. The smallest absolute Gasteiger partial charge is 0.0923 e. The number of hydrogen-bond acceptors (Lipinski definition) is 2. The molecule has 0 radical (unpaired) electrons. The van der Waals surface area contributed by atoms with E-state index in [0.717, 1.165) is 31.5 Å². The average molecular weight is 219 g/mol. The maximum atomic E-state index is 10.7. The van der Waals surface area contributed by atoms with E-state index in [1.807, 2.05) is 0 Å². The number of piperidine rings is 1. The Labute approximate surface area is 97.9 Å². The molecular formula is C14H21NO. The fraction of sp³-hybridized carbons (Fsp3) is 0.571. The molecule has 0 bridgehead atoms. The maximum absolute atomic E-state index is 10.7. The number of likely N-dealkylation sites (tertiary alicyclic amines) is 1. The highest BCUT2D eigenvalue weighted by atomic mass is 16.3. The van der Waals surface area contributed by atoms with Gasteiger partial charge in [0.05, 0.1) is 5.60 Å². The summed E-state index contributed by atoms with van der Waals surface area (Å²) in [5.41, 5.74) is 2.95. The van der Waals surface area contributed by atoms with E-state index >= 15 is 0 Å². The van der Waals surface area contributed by atoms with Gasteiger partial charge in [0.25, 0.3) is 0 Å². The van der Waals surface area contributed by atoms with Gasteiger partial charge in [0.2, 0.25) is 0 Å². The molecule has 0 amide bonds. The van der Waals surface area contributed by atoms with Crippen LogP contribution in [0.2, 0.25) is 0 Å². The van der Waals surface area contributed by atoms with Gasteiger partial charge in [-0.05, 0) is 44.9 Å². The minimum absolute atomic E-state index is 0.609. The lowest BCUT2D eigenvalue weighted by molar-refractivity contribution is -0.0208. The van der Waals surface area contributed by atoms with Crippen LogP contribution in [0, 0.1) is 13.8 Å². The van der Waals surface area contributed by atoms with Crippen LogP contribution in [0.5, 0.6) is 0 Å². The van der Waals surface area contributed by atoms with E-state index in [2.05, 4.69) is 44.0 Å². The van der Waals surface area contributed by atoms with Gasteiger partial charge in [-0.3, -0.25) is 0 Å². The molecule has 1 fully saturated rings. The van der Waals surface area contributed by atoms with E-state index < -0.39 is 5.60 Å². The number of aliphatic hydroxyl groups is 1. The number of rotatable bonds is 1. The second-order valence-electron chi connectivity index (χ2n) is 5.15. The van der Waals surface area contributed by atoms with Gasteiger partial charge >= 0.3 is 0 Å². The Hall–Kier alpha value is -0.860. The third-order valence-corrected chi connectivity index (χ3v) is 3.71. The minimum atomic E-state index is -0.609. The first-order valence-corrected chi connectivity index (χ1v) is 6.00. The van der Waals surface area contributed by atoms with E-state index in [-0.39, 0.29) is 0 Å². The molecule has 0 atom stereocenters. The van der Waals surface area contributed by atoms with Gasteiger partial charge in [0, 0.05) is 13.1 Å². The van der Waals surface area contributed by atoms with Crippen LogP contribution >= 0.6 is 0 Å². The summed E-state index contributed by atoms with van der Waals surface area (Å²) < 4.78 is 0. The maximum Gasteiger partial charge on any atom is 0.0923 e. The van der Waals surface area contributed by atoms with Crippen LogP contribution in [0.15, 0.2) is 18.2 Å². The first-order chi connectivity index (χ1) is 7.51. The number of hydrogen-bond donors (Lipinski definition) is 1. The molecule has 0 aromatic heterocycles. The fourth-order valence-corrected chi connectivity index (χ4v) is 2.49. The largest absolute Gasteiger partial charge is 0.385 e. The summed E-state index contributed by atoms with van der Waals surface area (Å²) >= 11 is 0. The Kier molecular flexibility index (Phi) is 3.04. The highest BCUT2D eigenvalue weighted by Gasteiger charge is 2.33. The molecule has 0 aliphatic carbocycles. The fourth-order valence-electron chi connectivity index (χ4n) is 2.49. The molecule has 2 nitrogen and oxygen atoms in total. The van der Waals surface area contributed by atoms with Crippen LogP contribution in [-0.2, 0) is 5.60 Å². The van der Waals surface area contributed by atoms with Crippen LogP contribution in [0.4, 0.5) is 0 Å². The third kappa shape index (κ3) is 2.13. The highest BCUT2D eigenvalue weighted by Crippen LogP contribution is 2.34. The summed E-state index contributed by atoms with van der Waals surface area (Å²) in [6.45, 7) is 6.13. The lowest BCUT2D eigenvalue weighted by atomic mass is 9.82. The second-order valence-corrected chi connectivity index (χ2v) is 5.15. The van der Waals surface area contributed by atoms with E-state index in [1.54, 1.807) is 0 Å². The van der Waals surface area contributed by atoms with Crippen LogP contribution in [0.1, 0.15) is 29.5 Å². The molecule has 1 saturated heterocycles. The van der Waals surface area contributed by atoms with Crippen molar-refractivity contribution >= 4 is 0 Å². The highest BCUT2D eigenvalue weighted by molar-refractivity contribution is 5.35. The Morgan fingerprint density at radius 2 is 1.81 bits per heavy atom. The molecular weight excluding hydrogens is 198 g/mol. The quantitative estimate of drug-likeness (QED) is 0.783. The zero-order valence-electron chi connectivity index (χ0n) is 10.5. The standard InChI is InChI=1S/C14H21NO/c1-11-4-5-12(2)13(10-11)14(16)6-8-15(3)9-7-14/h4-5,10,16H,6-9H2,1-3H3. The topological polar surface area (TPSA) is 23.5 Å². The molecule has 1 heterocycles. The molecule has 2 rings (SSSR count). The van der Waals surface area contributed by atoms with Crippen molar-refractivity contribution in [3.05, 3.63) is 34.9 Å². The molecule has 1 N–H and O–H groups in total. The van der Waals surface area contributed by atoms with Gasteiger partial charge in [-0.1, -0.05) is 23.8 Å². The molecule has 1 aromatic rings. The number of benzene rings is 1. The Morgan fingerprint density at radius 1 is 1.19 bits per heavy atom. The van der Waals surface area contributed by atoms with E-state index in [9.17, 15) is 5.11 Å². The van der Waals surface area contributed by atoms with E-state index in [4.69, 9.17) is 0 Å². The molecule has 2 heteroatoms. The van der Waals surface area contributed by atoms with Crippen molar-refractivity contribution in [3.8, 4) is 0 Å². The van der Waals surface area contributed by atoms with E-state index in [0.29, 0.717) is 0 Å². The van der Waals surface area contributed by atoms with Crippen molar-refractivity contribution in [2.45, 2.75) is 32.3 Å². The van der Waals surface area contributed by atoms with Gasteiger partial charge in [0.1, 0.15) is 0 Å². The zero-order valence-corrected chi connectivity index (χ0v) is 10.5. The van der Waals surface area contributed by atoms with Crippen LogP contribution < -0.4 is 0 Å². The molecule has 0 unspecified atom stereocenters. The predicted octanol–water partition coefficient (Wildman–Crippen LogP) is 2.22. The van der Waals surface area contributed by atoms with Crippen molar-refractivity contribution in [2.24, 2.45) is 0 Å². The average Bonchev–Trinajstić information content (AvgIpc) is 2.26. The number of aryl methyl sites for hydroxylation is 2. The first kappa shape index (κ1) is 11.6. The van der Waals surface area contributed by atoms with Crippen molar-refractivity contribution < 1.29 is 5.11 Å². The number of nitrogens with zero attached hydrogens (tertiary/aromatic N) is 1. The minimum Gasteiger partial charge on any atom is -0.385 e. The van der Waals surface area contributed by atoms with Crippen LogP contribution in [-0.4, -0.2) is 30.1 Å². The van der Waals surface area contributed by atoms with Crippen LogP contribution in [0.25, 0.3) is 0 Å². The van der Waals surface area contributed by atoms with Gasteiger partial charge < -0.3 is 10.0 Å². The summed E-state index contributed by atoms with van der Waals surface area (Å²) in [4.78, 5) is 2.28. The Balaban J connectivity index is 2.32. The molecule has 0 saturated carbocycles. The van der Waals surface area contributed by atoms with Crippen LogP contribution in [0.3, 0.4) is 0 Å². The Morgan fingerprint density at radius 3 is 2.44 bits per heavy atom. The summed E-state index contributed by atoms with van der Waals surface area (Å²) in [6, 6.07) is 6.36. The predicted molar refractivity (Wildman–Crippen MR) is 66.5 cm³/mol. The molecule has 16 heavy (non-hydrogen) atoms. The van der Waals surface area contributed by atoms with Gasteiger partial charge in [-0.15, -0.1) is 0 Å². The summed E-state index contributed by atoms with van der Waals surface area (Å²) in [7, 11) is 2.11. The van der Waals surface area contributed by atoms with Crippen molar-refractivity contribution in [2.75, 3.05) is 20.1 Å². The second kappa shape index (κ2) is 4.19. The summed E-state index contributed by atoms with van der Waals surface area (Å²) in [6.07, 6.45) is 1.68. The van der Waals surface area contributed by atoms with Crippen molar-refractivity contribution in [3.63, 3.8) is 0 Å². The normalized spacial score (nSPS) is 21.0. The van der Waals surface area contributed by atoms with Crippen molar-refractivity contribution in [1.29, 1.82) is 0 Å². The zero-order chi connectivity index (χ0) is 11.8. The molecule has 1 aliphatic rings. The lowest BCUT2D eigenvalue weighted by Gasteiger charge is -2.37. The monoisotopic (exact) mass is 219 g/mol. The van der Waals surface area contributed by atoms with Gasteiger partial charge in [-0.2, -0.15) is 0 Å². The third-order valence-electron chi connectivity index (χ3n) is 3.71. The lowest BCUT2D eigenvalue weighted by Crippen LogP contribution is -2.41. The molecule has 0 spiro atoms. The SMILES string of the molecule is Cc1ccc(C)c(C2(O)CCN(C)CC2)c1. The molecule has 1 aliphatic heterocycles. The van der Waals surface area contributed by atoms with Crippen molar-refractivity contribution in [1.82, 2.24) is 4.90 Å². The summed E-state index contributed by atoms with van der Waals surface area (Å²) in [5.74, 6) is 0. The van der Waals surface area contributed by atoms with Gasteiger partial charge in [-0.25, -0.2) is 0 Å². The first-order valence-electron chi connectivity index (χ1n) is 6.00. The Bertz CT molecular complexity index is 378. The molecule has 1 aromatic carbocycles.